The zero-order valence-corrected chi connectivity index (χ0v) is 40.6. The Balaban J connectivity index is 1.11. The lowest BCUT2D eigenvalue weighted by Gasteiger charge is -2.30. The molecule has 0 aliphatic carbocycles. The van der Waals surface area contributed by atoms with Gasteiger partial charge in [0.05, 0.1) is 22.5 Å². The topological polar surface area (TPSA) is 6.48 Å². The lowest BCUT2D eigenvalue weighted by Crippen LogP contribution is -2.13. The SMILES string of the molecule is Fc1ccc(-c2cc(-c3ccc(F)cc3)cc(N(c3ccc(C(F)(F)F)cc3)c3ccc4ccc5c(N(c6ccc(C(F)(F)F)cc6)c6cc(-c7ccc(F)cc7)cc(-c7ccc(F)cc7)c6)ccc6ccc3c4c65)c2)cc1. The minimum atomic E-state index is -4.63. The molecule has 0 saturated carbocycles. The van der Waals surface area contributed by atoms with Crippen LogP contribution in [-0.2, 0) is 12.4 Å². The number of hydrogen-bond donors (Lipinski definition) is 0. The normalized spacial score (nSPS) is 12.0. The molecule has 382 valence electrons. The first-order chi connectivity index (χ1) is 37.5. The van der Waals surface area contributed by atoms with Crippen molar-refractivity contribution >= 4 is 66.4 Å². The smallest absolute Gasteiger partial charge is 0.310 e. The van der Waals surface area contributed by atoms with Gasteiger partial charge >= 0.3 is 12.4 Å². The monoisotopic (exact) mass is 1050 g/mol. The summed E-state index contributed by atoms with van der Waals surface area (Å²) in [7, 11) is 0. The molecule has 0 amide bonds. The van der Waals surface area contributed by atoms with Crippen molar-refractivity contribution in [3.63, 3.8) is 0 Å². The Hall–Kier alpha value is -9.42. The van der Waals surface area contributed by atoms with E-state index in [4.69, 9.17) is 0 Å². The van der Waals surface area contributed by atoms with E-state index < -0.39 is 46.7 Å². The van der Waals surface area contributed by atoms with E-state index in [0.29, 0.717) is 89.4 Å². The quantitative estimate of drug-likeness (QED) is 0.0995. The average molecular weight is 1050 g/mol. The number of anilines is 6. The molecule has 0 aliphatic heterocycles. The number of rotatable bonds is 10. The third-order valence-electron chi connectivity index (χ3n) is 14.1. The molecule has 0 atom stereocenters. The maximum atomic E-state index is 14.4. The van der Waals surface area contributed by atoms with E-state index in [-0.39, 0.29) is 0 Å². The van der Waals surface area contributed by atoms with Crippen LogP contribution in [0, 0.1) is 23.3 Å². The maximum absolute atomic E-state index is 14.4. The van der Waals surface area contributed by atoms with Crippen molar-refractivity contribution in [2.24, 2.45) is 0 Å². The van der Waals surface area contributed by atoms with Crippen LogP contribution in [0.2, 0.25) is 0 Å². The fourth-order valence-electron chi connectivity index (χ4n) is 10.3. The van der Waals surface area contributed by atoms with Crippen molar-refractivity contribution in [1.82, 2.24) is 0 Å². The molecule has 12 heteroatoms. The molecule has 0 unspecified atom stereocenters. The van der Waals surface area contributed by atoms with Crippen LogP contribution in [-0.4, -0.2) is 0 Å². The molecule has 0 bridgehead atoms. The van der Waals surface area contributed by atoms with Gasteiger partial charge in [-0.25, -0.2) is 17.6 Å². The Kier molecular flexibility index (Phi) is 12.2. The van der Waals surface area contributed by atoms with Crippen LogP contribution in [0.3, 0.4) is 0 Å². The summed E-state index contributed by atoms with van der Waals surface area (Å²) in [5.41, 5.74) is 6.31. The van der Waals surface area contributed by atoms with Gasteiger partial charge < -0.3 is 9.80 Å². The summed E-state index contributed by atoms with van der Waals surface area (Å²) in [6.07, 6.45) is -9.27. The van der Waals surface area contributed by atoms with Gasteiger partial charge in [-0.2, -0.15) is 26.3 Å². The van der Waals surface area contributed by atoms with E-state index in [0.717, 1.165) is 45.8 Å². The molecule has 0 fully saturated rings. The standard InChI is InChI=1S/C66H38F10N2/c67-51-17-1-39(2-18-51)45-33-46(40-3-19-52(68)20-4-40)36-57(35-45)77(55-25-13-49(14-26-55)65(71,72)73)61-31-11-43-10-30-60-62(32-12-44-9-29-59(61)63(43)64(44)60)78(56-27-15-50(16-28-56)66(74,75)76)58-37-47(41-5-21-53(69)22-6-41)34-48(38-58)42-7-23-54(70)24-8-42/h1-38H. The van der Waals surface area contributed by atoms with Gasteiger partial charge in [0.15, 0.2) is 0 Å². The lowest BCUT2D eigenvalue weighted by molar-refractivity contribution is -0.138. The zero-order valence-electron chi connectivity index (χ0n) is 40.6. The predicted molar refractivity (Wildman–Crippen MR) is 291 cm³/mol. The van der Waals surface area contributed by atoms with Gasteiger partial charge in [-0.1, -0.05) is 84.9 Å². The van der Waals surface area contributed by atoms with Crippen molar-refractivity contribution in [2.45, 2.75) is 12.4 Å². The Morgan fingerprint density at radius 1 is 0.244 bits per heavy atom. The second-order valence-corrected chi connectivity index (χ2v) is 18.9. The van der Waals surface area contributed by atoms with E-state index in [1.807, 2.05) is 94.7 Å². The fraction of sp³-hybridized carbons (Fsp3) is 0.0303. The predicted octanol–water partition coefficient (Wildman–Crippen LogP) is 20.8. The minimum absolute atomic E-state index is 0.367. The fourth-order valence-corrected chi connectivity index (χ4v) is 10.3. The number of hydrogen-bond acceptors (Lipinski definition) is 2. The van der Waals surface area contributed by atoms with E-state index in [1.54, 1.807) is 48.5 Å². The third kappa shape index (κ3) is 9.40. The maximum Gasteiger partial charge on any atom is 0.416 e. The summed E-state index contributed by atoms with van der Waals surface area (Å²) in [6, 6.07) is 59.7. The Morgan fingerprint density at radius 3 is 0.782 bits per heavy atom. The molecule has 0 aliphatic rings. The third-order valence-corrected chi connectivity index (χ3v) is 14.1. The first-order valence-electron chi connectivity index (χ1n) is 24.5. The van der Waals surface area contributed by atoms with Gasteiger partial charge in [0.2, 0.25) is 0 Å². The van der Waals surface area contributed by atoms with Gasteiger partial charge in [0, 0.05) is 33.5 Å². The number of alkyl halides is 6. The zero-order chi connectivity index (χ0) is 54.0. The Bertz CT molecular complexity index is 3770. The first kappa shape index (κ1) is 49.5. The van der Waals surface area contributed by atoms with E-state index in [1.165, 1.54) is 72.8 Å². The highest BCUT2D eigenvalue weighted by Crippen LogP contribution is 2.50. The Morgan fingerprint density at radius 2 is 0.513 bits per heavy atom. The van der Waals surface area contributed by atoms with E-state index in [9.17, 15) is 43.9 Å². The van der Waals surface area contributed by atoms with Crippen molar-refractivity contribution < 1.29 is 43.9 Å². The van der Waals surface area contributed by atoms with Crippen LogP contribution in [0.15, 0.2) is 231 Å². The largest absolute Gasteiger partial charge is 0.416 e. The van der Waals surface area contributed by atoms with Crippen LogP contribution in [0.4, 0.5) is 78.0 Å². The molecular weight excluding hydrogens is 1010 g/mol. The lowest BCUT2D eigenvalue weighted by atomic mass is 9.91. The molecule has 12 rings (SSSR count). The molecule has 0 heterocycles. The molecule has 0 aromatic heterocycles. The van der Waals surface area contributed by atoms with Crippen molar-refractivity contribution in [3.05, 3.63) is 265 Å². The highest BCUT2D eigenvalue weighted by atomic mass is 19.4. The molecule has 0 N–H and O–H groups in total. The molecular formula is C66H38F10N2. The molecule has 12 aromatic carbocycles. The average Bonchev–Trinajstić information content (AvgIpc) is 3.62. The van der Waals surface area contributed by atoms with Gasteiger partial charge in [0.25, 0.3) is 0 Å². The summed E-state index contributed by atoms with van der Waals surface area (Å²) >= 11 is 0. The van der Waals surface area contributed by atoms with Gasteiger partial charge in [-0.05, 0) is 212 Å². The van der Waals surface area contributed by atoms with Crippen molar-refractivity contribution in [3.8, 4) is 44.5 Å². The number of nitrogens with zero attached hydrogens (tertiary/aromatic N) is 2. The summed E-state index contributed by atoms with van der Waals surface area (Å²) in [6.45, 7) is 0. The summed E-state index contributed by atoms with van der Waals surface area (Å²) in [5, 5.41) is 4.54. The molecule has 0 spiro atoms. The van der Waals surface area contributed by atoms with Crippen LogP contribution >= 0.6 is 0 Å². The van der Waals surface area contributed by atoms with E-state index >= 15 is 0 Å². The Labute approximate surface area is 440 Å². The summed E-state index contributed by atoms with van der Waals surface area (Å²) in [4.78, 5) is 3.69. The molecule has 12 aromatic rings. The van der Waals surface area contributed by atoms with Gasteiger partial charge in [-0.3, -0.25) is 0 Å². The minimum Gasteiger partial charge on any atom is -0.310 e. The van der Waals surface area contributed by atoms with Gasteiger partial charge in [0.1, 0.15) is 23.3 Å². The first-order valence-corrected chi connectivity index (χ1v) is 24.5. The molecule has 78 heavy (non-hydrogen) atoms. The molecule has 0 saturated heterocycles. The van der Waals surface area contributed by atoms with Gasteiger partial charge in [-0.15, -0.1) is 0 Å². The van der Waals surface area contributed by atoms with Crippen LogP contribution in [0.1, 0.15) is 11.1 Å². The molecule has 2 nitrogen and oxygen atoms in total. The summed E-state index contributed by atoms with van der Waals surface area (Å²) < 4.78 is 143. The van der Waals surface area contributed by atoms with Crippen molar-refractivity contribution in [1.29, 1.82) is 0 Å². The summed E-state index contributed by atoms with van der Waals surface area (Å²) in [5.74, 6) is -1.81. The van der Waals surface area contributed by atoms with Crippen LogP contribution in [0.5, 0.6) is 0 Å². The van der Waals surface area contributed by atoms with Crippen molar-refractivity contribution in [2.75, 3.05) is 9.80 Å². The van der Waals surface area contributed by atoms with Crippen LogP contribution < -0.4 is 9.80 Å². The molecule has 0 radical (unpaired) electrons. The van der Waals surface area contributed by atoms with Crippen LogP contribution in [0.25, 0.3) is 76.8 Å². The highest BCUT2D eigenvalue weighted by molar-refractivity contribution is 6.28. The number of benzene rings is 12. The number of halogens is 10. The second kappa shape index (κ2) is 19.3. The van der Waals surface area contributed by atoms with E-state index in [2.05, 4.69) is 0 Å². The second-order valence-electron chi connectivity index (χ2n) is 18.9. The highest BCUT2D eigenvalue weighted by Gasteiger charge is 2.32.